The molecule has 2 rings (SSSR count). The predicted molar refractivity (Wildman–Crippen MR) is 75.0 cm³/mol. The molecule has 1 aliphatic rings. The third-order valence-electron chi connectivity index (χ3n) is 2.73. The van der Waals surface area contributed by atoms with Gasteiger partial charge in [-0.1, -0.05) is 0 Å². The number of rotatable bonds is 0. The lowest BCUT2D eigenvalue weighted by Crippen LogP contribution is -2.44. The maximum atomic E-state index is 12.4. The highest BCUT2D eigenvalue weighted by Gasteiger charge is 2.36. The second kappa shape index (κ2) is 4.90. The van der Waals surface area contributed by atoms with Crippen LogP contribution in [0.1, 0.15) is 30.4 Å². The van der Waals surface area contributed by atoms with Crippen molar-refractivity contribution in [2.75, 3.05) is 18.5 Å². The van der Waals surface area contributed by atoms with E-state index in [1.54, 1.807) is 39.3 Å². The standard InChI is InChI=1S/C13H16N2O4S/c1-13(2,3)19-12(18)15-7-9(16)14(4)8-5-6-20-10(8)11(15)17/h5-6H,7H2,1-4H3. The van der Waals surface area contributed by atoms with Crippen molar-refractivity contribution in [2.24, 2.45) is 0 Å². The van der Waals surface area contributed by atoms with Crippen LogP contribution in [0.5, 0.6) is 0 Å². The molecule has 0 atom stereocenters. The summed E-state index contributed by atoms with van der Waals surface area (Å²) in [6, 6.07) is 1.69. The van der Waals surface area contributed by atoms with Gasteiger partial charge in [0.25, 0.3) is 5.91 Å². The first-order valence-electron chi connectivity index (χ1n) is 6.09. The lowest BCUT2D eigenvalue weighted by molar-refractivity contribution is -0.118. The van der Waals surface area contributed by atoms with Crippen LogP contribution in [0, 0.1) is 0 Å². The predicted octanol–water partition coefficient (Wildman–Crippen LogP) is 2.10. The Balaban J connectivity index is 2.35. The van der Waals surface area contributed by atoms with E-state index in [4.69, 9.17) is 4.74 Å². The van der Waals surface area contributed by atoms with Gasteiger partial charge in [-0.05, 0) is 32.2 Å². The van der Waals surface area contributed by atoms with Gasteiger partial charge in [0.1, 0.15) is 17.0 Å². The van der Waals surface area contributed by atoms with Crippen LogP contribution in [0.4, 0.5) is 10.5 Å². The topological polar surface area (TPSA) is 66.9 Å². The number of anilines is 1. The van der Waals surface area contributed by atoms with Crippen molar-refractivity contribution in [2.45, 2.75) is 26.4 Å². The van der Waals surface area contributed by atoms with E-state index in [1.807, 2.05) is 0 Å². The van der Waals surface area contributed by atoms with Gasteiger partial charge in [0, 0.05) is 7.05 Å². The molecule has 20 heavy (non-hydrogen) atoms. The van der Waals surface area contributed by atoms with Gasteiger partial charge in [-0.25, -0.2) is 9.69 Å². The van der Waals surface area contributed by atoms with E-state index in [0.29, 0.717) is 10.6 Å². The normalized spacial score (nSPS) is 16.0. The lowest BCUT2D eigenvalue weighted by atomic mass is 10.2. The highest BCUT2D eigenvalue weighted by molar-refractivity contribution is 7.12. The molecule has 0 fully saturated rings. The number of hydrogen-bond donors (Lipinski definition) is 0. The molecule has 6 nitrogen and oxygen atoms in total. The third-order valence-corrected chi connectivity index (χ3v) is 3.62. The van der Waals surface area contributed by atoms with E-state index >= 15 is 0 Å². The zero-order chi connectivity index (χ0) is 15.1. The van der Waals surface area contributed by atoms with Crippen LogP contribution in [-0.2, 0) is 9.53 Å². The molecule has 0 saturated carbocycles. The first kappa shape index (κ1) is 14.5. The summed E-state index contributed by atoms with van der Waals surface area (Å²) in [4.78, 5) is 39.1. The van der Waals surface area contributed by atoms with Gasteiger partial charge in [-0.15, -0.1) is 11.3 Å². The molecule has 1 aliphatic heterocycles. The molecule has 2 heterocycles. The van der Waals surface area contributed by atoms with Crippen molar-refractivity contribution in [1.29, 1.82) is 0 Å². The van der Waals surface area contributed by atoms with Gasteiger partial charge in [-0.2, -0.15) is 0 Å². The average Bonchev–Trinajstić information content (AvgIpc) is 2.77. The molecule has 108 valence electrons. The van der Waals surface area contributed by atoms with E-state index in [1.165, 1.54) is 16.2 Å². The Labute approximate surface area is 120 Å². The van der Waals surface area contributed by atoms with Gasteiger partial charge in [0.05, 0.1) is 5.69 Å². The maximum absolute atomic E-state index is 12.4. The summed E-state index contributed by atoms with van der Waals surface area (Å²) in [6.07, 6.45) is -0.800. The largest absolute Gasteiger partial charge is 0.443 e. The fourth-order valence-electron chi connectivity index (χ4n) is 1.76. The molecule has 0 unspecified atom stereocenters. The van der Waals surface area contributed by atoms with Gasteiger partial charge < -0.3 is 9.64 Å². The van der Waals surface area contributed by atoms with Crippen molar-refractivity contribution in [3.05, 3.63) is 16.3 Å². The van der Waals surface area contributed by atoms with Crippen molar-refractivity contribution < 1.29 is 19.1 Å². The zero-order valence-corrected chi connectivity index (χ0v) is 12.6. The fourth-order valence-corrected chi connectivity index (χ4v) is 2.63. The summed E-state index contributed by atoms with van der Waals surface area (Å²) in [5.41, 5.74) is -0.201. The highest BCUT2D eigenvalue weighted by Crippen LogP contribution is 2.30. The summed E-state index contributed by atoms with van der Waals surface area (Å²) >= 11 is 1.20. The number of ether oxygens (including phenoxy) is 1. The van der Waals surface area contributed by atoms with Crippen LogP contribution in [-0.4, -0.2) is 42.0 Å². The Kier molecular flexibility index (Phi) is 3.56. The molecule has 1 aromatic heterocycles. The number of nitrogens with zero attached hydrogens (tertiary/aromatic N) is 2. The minimum absolute atomic E-state index is 0.314. The van der Waals surface area contributed by atoms with Gasteiger partial charge in [0.15, 0.2) is 0 Å². The Morgan fingerprint density at radius 2 is 2.00 bits per heavy atom. The number of imide groups is 1. The number of fused-ring (bicyclic) bond motifs is 1. The fraction of sp³-hybridized carbons (Fsp3) is 0.462. The van der Waals surface area contributed by atoms with E-state index in [-0.39, 0.29) is 12.5 Å². The monoisotopic (exact) mass is 296 g/mol. The Bertz CT molecular complexity index is 573. The third kappa shape index (κ3) is 2.67. The van der Waals surface area contributed by atoms with Crippen molar-refractivity contribution in [3.63, 3.8) is 0 Å². The Hall–Kier alpha value is -1.89. The molecule has 7 heteroatoms. The second-order valence-corrected chi connectivity index (χ2v) is 6.38. The number of carbonyl (C=O) groups excluding carboxylic acids is 3. The molecule has 3 amide bonds. The number of hydrogen-bond acceptors (Lipinski definition) is 5. The SMILES string of the molecule is CN1C(=O)CN(C(=O)OC(C)(C)C)C(=O)c2sccc21. The summed E-state index contributed by atoms with van der Waals surface area (Å²) in [5.74, 6) is -0.830. The van der Waals surface area contributed by atoms with Crippen LogP contribution in [0.25, 0.3) is 0 Å². The highest BCUT2D eigenvalue weighted by atomic mass is 32.1. The van der Waals surface area contributed by atoms with E-state index in [2.05, 4.69) is 0 Å². The quantitative estimate of drug-likeness (QED) is 0.735. The molecule has 0 bridgehead atoms. The molecule has 0 aromatic carbocycles. The van der Waals surface area contributed by atoms with Crippen LogP contribution >= 0.6 is 11.3 Å². The van der Waals surface area contributed by atoms with Crippen LogP contribution < -0.4 is 4.90 Å². The van der Waals surface area contributed by atoms with Crippen LogP contribution in [0.2, 0.25) is 0 Å². The molecular weight excluding hydrogens is 280 g/mol. The number of carbonyl (C=O) groups is 3. The molecular formula is C13H16N2O4S. The van der Waals surface area contributed by atoms with Gasteiger partial charge in [-0.3, -0.25) is 9.59 Å². The Morgan fingerprint density at radius 3 is 2.60 bits per heavy atom. The zero-order valence-electron chi connectivity index (χ0n) is 11.8. The van der Waals surface area contributed by atoms with Crippen LogP contribution in [0.3, 0.4) is 0 Å². The smallest absolute Gasteiger partial charge is 0.417 e. The Morgan fingerprint density at radius 1 is 1.35 bits per heavy atom. The number of likely N-dealkylation sites (N-methyl/N-ethyl adjacent to an activating group) is 1. The maximum Gasteiger partial charge on any atom is 0.417 e. The first-order chi connectivity index (χ1) is 9.20. The molecule has 0 spiro atoms. The molecule has 0 radical (unpaired) electrons. The summed E-state index contributed by atoms with van der Waals surface area (Å²) < 4.78 is 5.18. The van der Waals surface area contributed by atoms with E-state index in [0.717, 1.165) is 4.90 Å². The van der Waals surface area contributed by atoms with Crippen molar-refractivity contribution in [1.82, 2.24) is 4.90 Å². The van der Waals surface area contributed by atoms with E-state index < -0.39 is 17.6 Å². The lowest BCUT2D eigenvalue weighted by Gasteiger charge is -2.24. The summed E-state index contributed by atoms with van der Waals surface area (Å²) in [5, 5.41) is 1.71. The molecule has 0 aliphatic carbocycles. The number of thiophene rings is 1. The minimum atomic E-state index is -0.800. The average molecular weight is 296 g/mol. The minimum Gasteiger partial charge on any atom is -0.443 e. The number of amides is 3. The van der Waals surface area contributed by atoms with Crippen LogP contribution in [0.15, 0.2) is 11.4 Å². The van der Waals surface area contributed by atoms with Crippen molar-refractivity contribution >= 4 is 34.9 Å². The van der Waals surface area contributed by atoms with Gasteiger partial charge in [0.2, 0.25) is 5.91 Å². The molecule has 0 N–H and O–H groups in total. The molecule has 0 saturated heterocycles. The van der Waals surface area contributed by atoms with Crippen molar-refractivity contribution in [3.8, 4) is 0 Å². The van der Waals surface area contributed by atoms with Gasteiger partial charge >= 0.3 is 6.09 Å². The summed E-state index contributed by atoms with van der Waals surface area (Å²) in [6.45, 7) is 4.80. The van der Waals surface area contributed by atoms with E-state index in [9.17, 15) is 14.4 Å². The first-order valence-corrected chi connectivity index (χ1v) is 6.97. The summed E-state index contributed by atoms with van der Waals surface area (Å²) in [7, 11) is 1.58. The molecule has 1 aromatic rings. The second-order valence-electron chi connectivity index (χ2n) is 5.46.